The van der Waals surface area contributed by atoms with Crippen molar-refractivity contribution in [1.82, 2.24) is 4.98 Å². The zero-order valence-electron chi connectivity index (χ0n) is 16.6. The van der Waals surface area contributed by atoms with Gasteiger partial charge >= 0.3 is 0 Å². The molecule has 0 aliphatic heterocycles. The maximum atomic E-state index is 8.49. The molecular weight excluding hydrogens is 420 g/mol. The van der Waals surface area contributed by atoms with Crippen LogP contribution in [-0.2, 0) is 0 Å². The Morgan fingerprint density at radius 2 is 1.10 bits per heavy atom. The number of halogens is 1. The first-order valence-electron chi connectivity index (χ1n) is 9.14. The minimum atomic E-state index is -4.94. The molecule has 0 aliphatic rings. The van der Waals surface area contributed by atoms with Crippen molar-refractivity contribution in [3.8, 4) is 34.0 Å². The highest BCUT2D eigenvalue weighted by atomic mass is 35.7. The smallest absolute Gasteiger partial charge is 0.211 e. The van der Waals surface area contributed by atoms with Gasteiger partial charge in [-0.15, -0.1) is 10.2 Å². The molecule has 31 heavy (non-hydrogen) atoms. The normalized spacial score (nSPS) is 10.7. The summed E-state index contributed by atoms with van der Waals surface area (Å²) in [4.78, 5) is 4.89. The van der Waals surface area contributed by atoms with Crippen molar-refractivity contribution < 1.29 is 38.2 Å². The van der Waals surface area contributed by atoms with Crippen LogP contribution < -0.4 is 27.9 Å². The van der Waals surface area contributed by atoms with Crippen LogP contribution >= 0.6 is 0 Å². The first-order chi connectivity index (χ1) is 14.8. The van der Waals surface area contributed by atoms with E-state index in [2.05, 4.69) is 41.2 Å². The Hall–Kier alpha value is -3.33. The molecule has 0 amide bonds. The van der Waals surface area contributed by atoms with Crippen molar-refractivity contribution in [1.29, 1.82) is 0 Å². The molecule has 3 aromatic carbocycles. The van der Waals surface area contributed by atoms with Gasteiger partial charge in [-0.1, -0.05) is 60.7 Å². The van der Waals surface area contributed by atoms with E-state index in [1.54, 1.807) is 7.11 Å². The number of methoxy groups -OCH3 is 1. The van der Waals surface area contributed by atoms with Gasteiger partial charge in [-0.05, 0) is 12.1 Å². The van der Waals surface area contributed by atoms with E-state index in [1.807, 2.05) is 60.7 Å². The van der Waals surface area contributed by atoms with Crippen molar-refractivity contribution in [2.24, 2.45) is 0 Å². The van der Waals surface area contributed by atoms with Crippen molar-refractivity contribution in [3.05, 3.63) is 97.3 Å². The standard InChI is InChI=1S/C23H19N2O.ClHO4/c1-26-21-14-12-20(13-15-21)25-16-22(18-8-4-2-5-9-18)24-23(17-25)19-10-6-3-7-11-19;2-1(3,4)5/h2-17H,1H3;(H,2,3,4,5)/q+1;/p-1. The molecule has 4 aromatic rings. The Balaban J connectivity index is 0.000000491. The van der Waals surface area contributed by atoms with E-state index < -0.39 is 10.2 Å². The van der Waals surface area contributed by atoms with Gasteiger partial charge in [0.15, 0.2) is 0 Å². The lowest BCUT2D eigenvalue weighted by Crippen LogP contribution is -2.68. The van der Waals surface area contributed by atoms with Crippen molar-refractivity contribution >= 4 is 0 Å². The summed E-state index contributed by atoms with van der Waals surface area (Å²) in [6.07, 6.45) is 4.12. The summed E-state index contributed by atoms with van der Waals surface area (Å²) in [7, 11) is -3.27. The lowest BCUT2D eigenvalue weighted by molar-refractivity contribution is -2.00. The van der Waals surface area contributed by atoms with Crippen LogP contribution in [-0.4, -0.2) is 12.1 Å². The summed E-state index contributed by atoms with van der Waals surface area (Å²) in [5.41, 5.74) is 5.10. The Kier molecular flexibility index (Phi) is 7.30. The maximum absolute atomic E-state index is 8.49. The molecule has 0 spiro atoms. The topological polar surface area (TPSA) is 118 Å². The fourth-order valence-corrected chi connectivity index (χ4v) is 2.89. The van der Waals surface area contributed by atoms with Gasteiger partial charge in [0.2, 0.25) is 18.1 Å². The molecule has 158 valence electrons. The van der Waals surface area contributed by atoms with E-state index in [9.17, 15) is 0 Å². The second kappa shape index (κ2) is 10.1. The predicted molar refractivity (Wildman–Crippen MR) is 103 cm³/mol. The van der Waals surface area contributed by atoms with Gasteiger partial charge < -0.3 is 4.74 Å². The third-order valence-electron chi connectivity index (χ3n) is 4.27. The van der Waals surface area contributed by atoms with E-state index in [0.29, 0.717) is 0 Å². The number of aromatic nitrogens is 2. The lowest BCUT2D eigenvalue weighted by Gasteiger charge is -2.17. The highest BCUT2D eigenvalue weighted by Crippen LogP contribution is 2.21. The molecule has 8 heteroatoms. The SMILES string of the molecule is COc1ccc(-[n+]2cc(-c3ccccc3)nc(-c3ccccc3)c2)cc1.[O-][Cl+3]([O-])([O-])[O-]. The van der Waals surface area contributed by atoms with Gasteiger partial charge in [0.05, 0.1) is 7.11 Å². The summed E-state index contributed by atoms with van der Waals surface area (Å²) in [6.45, 7) is 0. The molecule has 4 rings (SSSR count). The maximum Gasteiger partial charge on any atom is 0.211 e. The monoisotopic (exact) mass is 438 g/mol. The fraction of sp³-hybridized carbons (Fsp3) is 0.0435. The van der Waals surface area contributed by atoms with Crippen LogP contribution in [0.3, 0.4) is 0 Å². The summed E-state index contributed by atoms with van der Waals surface area (Å²) in [5.74, 6) is 0.843. The molecule has 0 unspecified atom stereocenters. The summed E-state index contributed by atoms with van der Waals surface area (Å²) >= 11 is 0. The average Bonchev–Trinajstić information content (AvgIpc) is 2.79. The number of ether oxygens (including phenoxy) is 1. The number of hydrogen-bond donors (Lipinski definition) is 0. The van der Waals surface area contributed by atoms with Crippen LogP contribution in [0.1, 0.15) is 0 Å². The lowest BCUT2D eigenvalue weighted by atomic mass is 10.1. The molecule has 0 atom stereocenters. The minimum absolute atomic E-state index is 0.843. The third kappa shape index (κ3) is 6.85. The van der Waals surface area contributed by atoms with E-state index in [-0.39, 0.29) is 0 Å². The fourth-order valence-electron chi connectivity index (χ4n) is 2.89. The van der Waals surface area contributed by atoms with E-state index in [4.69, 9.17) is 28.4 Å². The summed E-state index contributed by atoms with van der Waals surface area (Å²) < 4.78 is 41.4. The number of nitrogens with zero attached hydrogens (tertiary/aromatic N) is 2. The quantitative estimate of drug-likeness (QED) is 0.412. The van der Waals surface area contributed by atoms with Gasteiger partial charge in [-0.2, -0.15) is 4.57 Å². The summed E-state index contributed by atoms with van der Waals surface area (Å²) in [5, 5.41) is 0. The van der Waals surface area contributed by atoms with Crippen molar-refractivity contribution in [2.45, 2.75) is 0 Å². The minimum Gasteiger partial charge on any atom is -0.497 e. The third-order valence-corrected chi connectivity index (χ3v) is 4.27. The van der Waals surface area contributed by atoms with Crippen LogP contribution in [0.25, 0.3) is 28.2 Å². The molecule has 0 saturated heterocycles. The Labute approximate surface area is 181 Å². The van der Waals surface area contributed by atoms with Crippen LogP contribution in [0.5, 0.6) is 5.75 Å². The predicted octanol–water partition coefficient (Wildman–Crippen LogP) is -0.0551. The Morgan fingerprint density at radius 3 is 1.48 bits per heavy atom. The zero-order valence-corrected chi connectivity index (χ0v) is 17.3. The van der Waals surface area contributed by atoms with Crippen LogP contribution in [0.2, 0.25) is 0 Å². The molecule has 7 nitrogen and oxygen atoms in total. The first-order valence-corrected chi connectivity index (χ1v) is 10.4. The van der Waals surface area contributed by atoms with E-state index >= 15 is 0 Å². The first kappa shape index (κ1) is 22.4. The van der Waals surface area contributed by atoms with Gasteiger partial charge in [0, 0.05) is 23.3 Å². The number of rotatable bonds is 4. The van der Waals surface area contributed by atoms with E-state index in [1.165, 1.54) is 0 Å². The number of benzene rings is 3. The molecule has 0 saturated carbocycles. The molecule has 0 radical (unpaired) electrons. The zero-order chi connectivity index (χ0) is 22.3. The molecular formula is C23H19ClN2O5. The van der Waals surface area contributed by atoms with Crippen LogP contribution in [0.15, 0.2) is 97.3 Å². The second-order valence-corrected chi connectivity index (χ2v) is 7.11. The van der Waals surface area contributed by atoms with Crippen LogP contribution in [0.4, 0.5) is 0 Å². The highest BCUT2D eigenvalue weighted by molar-refractivity contribution is 5.63. The molecule has 0 aliphatic carbocycles. The highest BCUT2D eigenvalue weighted by Gasteiger charge is 2.14. The van der Waals surface area contributed by atoms with Gasteiger partial charge in [0.1, 0.15) is 17.1 Å². The Bertz CT molecular complexity index is 1040. The number of hydrogen-bond acceptors (Lipinski definition) is 6. The Morgan fingerprint density at radius 1 is 0.677 bits per heavy atom. The average molecular weight is 439 g/mol. The molecule has 1 aromatic heterocycles. The molecule has 0 fully saturated rings. The van der Waals surface area contributed by atoms with E-state index in [0.717, 1.165) is 34.0 Å². The van der Waals surface area contributed by atoms with Crippen molar-refractivity contribution in [3.63, 3.8) is 0 Å². The van der Waals surface area contributed by atoms with Gasteiger partial charge in [0.25, 0.3) is 0 Å². The van der Waals surface area contributed by atoms with Crippen LogP contribution in [0, 0.1) is 10.2 Å². The van der Waals surface area contributed by atoms with Gasteiger partial charge in [-0.25, -0.2) is 23.6 Å². The molecule has 0 N–H and O–H groups in total. The van der Waals surface area contributed by atoms with Crippen molar-refractivity contribution in [2.75, 3.05) is 7.11 Å². The van der Waals surface area contributed by atoms with Gasteiger partial charge in [-0.3, -0.25) is 0 Å². The summed E-state index contributed by atoms with van der Waals surface area (Å²) in [6, 6.07) is 28.5. The second-order valence-electron chi connectivity index (χ2n) is 6.36. The largest absolute Gasteiger partial charge is 0.497 e. The molecule has 0 bridgehead atoms. The molecule has 1 heterocycles.